The van der Waals surface area contributed by atoms with Gasteiger partial charge in [0, 0.05) is 6.92 Å². The Kier molecular flexibility index (Phi) is 1.83. The van der Waals surface area contributed by atoms with E-state index in [1.807, 2.05) is 0 Å². The fraction of sp³-hybridized carbons (Fsp3) is 0.556. The van der Waals surface area contributed by atoms with E-state index in [2.05, 4.69) is 4.98 Å². The molecule has 2 rings (SSSR count). The van der Waals surface area contributed by atoms with Gasteiger partial charge in [0.15, 0.2) is 11.6 Å². The van der Waals surface area contributed by atoms with Crippen LogP contribution in [0.25, 0.3) is 0 Å². The van der Waals surface area contributed by atoms with E-state index in [4.69, 9.17) is 9.15 Å². The molecule has 0 N–H and O–H groups in total. The van der Waals surface area contributed by atoms with Gasteiger partial charge in [-0.3, -0.25) is 0 Å². The number of hydrogen-bond donors (Lipinski definition) is 0. The lowest BCUT2D eigenvalue weighted by atomic mass is 10.4. The first-order chi connectivity index (χ1) is 6.16. The van der Waals surface area contributed by atoms with Gasteiger partial charge in [0.05, 0.1) is 0 Å². The smallest absolute Gasteiger partial charge is 0.360 e. The molecular formula is C9H11NO3. The molecule has 0 aromatic carbocycles. The molecule has 1 fully saturated rings. The summed E-state index contributed by atoms with van der Waals surface area (Å²) in [7, 11) is 0. The normalized spacial score (nSPS) is 15.8. The van der Waals surface area contributed by atoms with Gasteiger partial charge in [-0.2, -0.15) is 0 Å². The predicted molar refractivity (Wildman–Crippen MR) is 44.4 cm³/mol. The zero-order chi connectivity index (χ0) is 9.42. The zero-order valence-corrected chi connectivity index (χ0v) is 7.66. The van der Waals surface area contributed by atoms with E-state index in [9.17, 15) is 4.79 Å². The quantitative estimate of drug-likeness (QED) is 0.650. The Hall–Kier alpha value is -1.32. The van der Waals surface area contributed by atoms with E-state index >= 15 is 0 Å². The van der Waals surface area contributed by atoms with Crippen molar-refractivity contribution in [1.29, 1.82) is 0 Å². The lowest BCUT2D eigenvalue weighted by Crippen LogP contribution is -2.08. The van der Waals surface area contributed by atoms with Gasteiger partial charge in [-0.25, -0.2) is 9.78 Å². The Morgan fingerprint density at radius 2 is 2.23 bits per heavy atom. The Morgan fingerprint density at radius 3 is 2.69 bits per heavy atom. The van der Waals surface area contributed by atoms with Crippen molar-refractivity contribution in [3.63, 3.8) is 0 Å². The van der Waals surface area contributed by atoms with E-state index in [1.165, 1.54) is 0 Å². The summed E-state index contributed by atoms with van der Waals surface area (Å²) in [6.07, 6.45) is 2.06. The van der Waals surface area contributed by atoms with Crippen molar-refractivity contribution < 1.29 is 13.9 Å². The molecule has 0 amide bonds. The molecule has 13 heavy (non-hydrogen) atoms. The number of oxazole rings is 1. The highest BCUT2D eigenvalue weighted by atomic mass is 16.5. The van der Waals surface area contributed by atoms with E-state index in [0.717, 1.165) is 12.8 Å². The summed E-state index contributed by atoms with van der Waals surface area (Å²) in [6, 6.07) is 0. The molecule has 0 aliphatic heterocycles. The van der Waals surface area contributed by atoms with Gasteiger partial charge in [-0.05, 0) is 19.8 Å². The second kappa shape index (κ2) is 2.87. The molecular weight excluding hydrogens is 170 g/mol. The van der Waals surface area contributed by atoms with Crippen LogP contribution in [0.2, 0.25) is 0 Å². The number of carbonyl (C=O) groups excluding carboxylic acids is 1. The summed E-state index contributed by atoms with van der Waals surface area (Å²) < 4.78 is 10.2. The standard InChI is InChI=1S/C9H11NO3/c1-5-8(10-6(2)12-5)9(11)13-7-3-4-7/h7H,3-4H2,1-2H3. The third-order valence-electron chi connectivity index (χ3n) is 1.89. The molecule has 0 atom stereocenters. The van der Waals surface area contributed by atoms with Crippen molar-refractivity contribution in [2.75, 3.05) is 0 Å². The molecule has 70 valence electrons. The van der Waals surface area contributed by atoms with Crippen LogP contribution >= 0.6 is 0 Å². The number of nitrogens with zero attached hydrogens (tertiary/aromatic N) is 1. The van der Waals surface area contributed by atoms with Gasteiger partial charge in [-0.1, -0.05) is 0 Å². The van der Waals surface area contributed by atoms with Gasteiger partial charge in [0.1, 0.15) is 11.9 Å². The van der Waals surface area contributed by atoms with Crippen LogP contribution in [0.1, 0.15) is 35.0 Å². The molecule has 4 heteroatoms. The van der Waals surface area contributed by atoms with Gasteiger partial charge < -0.3 is 9.15 Å². The molecule has 1 aliphatic carbocycles. The maximum atomic E-state index is 11.4. The summed E-state index contributed by atoms with van der Waals surface area (Å²) in [5.74, 6) is 0.667. The van der Waals surface area contributed by atoms with Gasteiger partial charge in [0.25, 0.3) is 0 Å². The first-order valence-electron chi connectivity index (χ1n) is 4.32. The minimum absolute atomic E-state index is 0.115. The lowest BCUT2D eigenvalue weighted by Gasteiger charge is -1.98. The number of ether oxygens (including phenoxy) is 1. The largest absolute Gasteiger partial charge is 0.458 e. The lowest BCUT2D eigenvalue weighted by molar-refractivity contribution is 0.0464. The number of esters is 1. The molecule has 0 radical (unpaired) electrons. The molecule has 1 saturated carbocycles. The van der Waals surface area contributed by atoms with Crippen LogP contribution in [-0.2, 0) is 4.74 Å². The second-order valence-electron chi connectivity index (χ2n) is 3.24. The highest BCUT2D eigenvalue weighted by Crippen LogP contribution is 2.25. The Morgan fingerprint density at radius 1 is 1.54 bits per heavy atom. The van der Waals surface area contributed by atoms with Crippen molar-refractivity contribution in [1.82, 2.24) is 4.98 Å². The maximum Gasteiger partial charge on any atom is 0.360 e. The van der Waals surface area contributed by atoms with Crippen LogP contribution in [0.3, 0.4) is 0 Å². The van der Waals surface area contributed by atoms with E-state index in [0.29, 0.717) is 17.3 Å². The van der Waals surface area contributed by atoms with Crippen LogP contribution < -0.4 is 0 Å². The number of rotatable bonds is 2. The SMILES string of the molecule is Cc1nc(C(=O)OC2CC2)c(C)o1. The third-order valence-corrected chi connectivity index (χ3v) is 1.89. The molecule has 0 saturated heterocycles. The van der Waals surface area contributed by atoms with Crippen molar-refractivity contribution in [2.24, 2.45) is 0 Å². The molecule has 0 spiro atoms. The molecule has 0 unspecified atom stereocenters. The Bertz CT molecular complexity index is 339. The first kappa shape index (κ1) is 8.29. The predicted octanol–water partition coefficient (Wildman–Crippen LogP) is 1.61. The number of carbonyl (C=O) groups is 1. The van der Waals surface area contributed by atoms with Crippen molar-refractivity contribution >= 4 is 5.97 Å². The molecule has 0 bridgehead atoms. The van der Waals surface area contributed by atoms with Gasteiger partial charge >= 0.3 is 5.97 Å². The van der Waals surface area contributed by atoms with E-state index in [1.54, 1.807) is 13.8 Å². The number of aryl methyl sites for hydroxylation is 2. The van der Waals surface area contributed by atoms with E-state index < -0.39 is 0 Å². The zero-order valence-electron chi connectivity index (χ0n) is 7.66. The topological polar surface area (TPSA) is 52.3 Å². The van der Waals surface area contributed by atoms with Crippen LogP contribution in [-0.4, -0.2) is 17.1 Å². The van der Waals surface area contributed by atoms with Crippen LogP contribution in [0.15, 0.2) is 4.42 Å². The average molecular weight is 181 g/mol. The summed E-state index contributed by atoms with van der Waals surface area (Å²) in [5.41, 5.74) is 0.310. The molecule has 4 nitrogen and oxygen atoms in total. The summed E-state index contributed by atoms with van der Waals surface area (Å²) in [6.45, 7) is 3.42. The minimum Gasteiger partial charge on any atom is -0.458 e. The molecule has 1 aromatic heterocycles. The highest BCUT2D eigenvalue weighted by Gasteiger charge is 2.28. The Balaban J connectivity index is 2.13. The van der Waals surface area contributed by atoms with Crippen molar-refractivity contribution in [3.05, 3.63) is 17.3 Å². The highest BCUT2D eigenvalue weighted by molar-refractivity contribution is 5.88. The summed E-state index contributed by atoms with van der Waals surface area (Å²) >= 11 is 0. The first-order valence-corrected chi connectivity index (χ1v) is 4.32. The van der Waals surface area contributed by atoms with E-state index in [-0.39, 0.29) is 12.1 Å². The summed E-state index contributed by atoms with van der Waals surface area (Å²) in [4.78, 5) is 15.3. The fourth-order valence-electron chi connectivity index (χ4n) is 1.11. The van der Waals surface area contributed by atoms with Crippen LogP contribution in [0.4, 0.5) is 0 Å². The Labute approximate surface area is 75.9 Å². The number of aromatic nitrogens is 1. The number of hydrogen-bond acceptors (Lipinski definition) is 4. The average Bonchev–Trinajstić information content (AvgIpc) is 2.77. The molecule has 1 heterocycles. The monoisotopic (exact) mass is 181 g/mol. The van der Waals surface area contributed by atoms with Gasteiger partial charge in [-0.15, -0.1) is 0 Å². The minimum atomic E-state index is -0.364. The molecule has 1 aliphatic rings. The van der Waals surface area contributed by atoms with Gasteiger partial charge in [0.2, 0.25) is 0 Å². The fourth-order valence-corrected chi connectivity index (χ4v) is 1.11. The maximum absolute atomic E-state index is 11.4. The summed E-state index contributed by atoms with van der Waals surface area (Å²) in [5, 5.41) is 0. The third kappa shape index (κ3) is 1.71. The van der Waals surface area contributed by atoms with Crippen LogP contribution in [0, 0.1) is 13.8 Å². The molecule has 1 aromatic rings. The second-order valence-corrected chi connectivity index (χ2v) is 3.24. The van der Waals surface area contributed by atoms with Crippen molar-refractivity contribution in [3.8, 4) is 0 Å². The van der Waals surface area contributed by atoms with Crippen molar-refractivity contribution in [2.45, 2.75) is 32.8 Å². The van der Waals surface area contributed by atoms with Crippen LogP contribution in [0.5, 0.6) is 0 Å².